The second-order valence-electron chi connectivity index (χ2n) is 3.75. The maximum absolute atomic E-state index is 11.6. The van der Waals surface area contributed by atoms with Crippen LogP contribution in [0.4, 0.5) is 0 Å². The highest BCUT2D eigenvalue weighted by molar-refractivity contribution is 7.99. The Balaban J connectivity index is 2.27. The third-order valence-corrected chi connectivity index (χ3v) is 4.96. The summed E-state index contributed by atoms with van der Waals surface area (Å²) in [6, 6.07) is 0.130. The monoisotopic (exact) mass is 253 g/mol. The summed E-state index contributed by atoms with van der Waals surface area (Å²) in [6.07, 6.45) is 2.96. The van der Waals surface area contributed by atoms with Crippen molar-refractivity contribution in [3.8, 4) is 0 Å². The van der Waals surface area contributed by atoms with E-state index in [9.17, 15) is 8.42 Å². The molecule has 0 saturated carbocycles. The summed E-state index contributed by atoms with van der Waals surface area (Å²) in [7, 11) is -3.12. The van der Waals surface area contributed by atoms with Crippen LogP contribution in [-0.4, -0.2) is 43.4 Å². The third kappa shape index (κ3) is 5.75. The molecule has 0 radical (unpaired) electrons. The van der Waals surface area contributed by atoms with E-state index in [0.717, 1.165) is 24.3 Å². The third-order valence-electron chi connectivity index (χ3n) is 2.39. The predicted octanol–water partition coefficient (Wildman–Crippen LogP) is 0.574. The summed E-state index contributed by atoms with van der Waals surface area (Å²) in [5.74, 6) is 2.23. The Morgan fingerprint density at radius 3 is 2.53 bits per heavy atom. The molecule has 0 unspecified atom stereocenters. The molecule has 1 aliphatic heterocycles. The first-order valence-electron chi connectivity index (χ1n) is 5.32. The Morgan fingerprint density at radius 1 is 1.27 bits per heavy atom. The zero-order valence-electron chi connectivity index (χ0n) is 8.81. The molecule has 4 nitrogen and oxygen atoms in total. The average molecular weight is 253 g/mol. The molecule has 15 heavy (non-hydrogen) atoms. The first-order chi connectivity index (χ1) is 7.14. The molecule has 0 spiro atoms. The van der Waals surface area contributed by atoms with Crippen molar-refractivity contribution in [1.82, 2.24) is 4.72 Å². The van der Waals surface area contributed by atoms with Gasteiger partial charge in [-0.25, -0.2) is 13.1 Å². The van der Waals surface area contributed by atoms with Crippen molar-refractivity contribution in [3.63, 3.8) is 0 Å². The topological polar surface area (TPSA) is 66.4 Å². The van der Waals surface area contributed by atoms with E-state index >= 15 is 0 Å². The van der Waals surface area contributed by atoms with Gasteiger partial charge < -0.3 is 5.11 Å². The second-order valence-corrected chi connectivity index (χ2v) is 6.85. The van der Waals surface area contributed by atoms with Gasteiger partial charge in [-0.05, 0) is 37.2 Å². The van der Waals surface area contributed by atoms with E-state index < -0.39 is 10.0 Å². The highest BCUT2D eigenvalue weighted by Crippen LogP contribution is 2.17. The molecular weight excluding hydrogens is 234 g/mol. The van der Waals surface area contributed by atoms with E-state index in [1.807, 2.05) is 11.8 Å². The molecular formula is C9H19NO3S2. The van der Waals surface area contributed by atoms with Gasteiger partial charge in [0.2, 0.25) is 10.0 Å². The van der Waals surface area contributed by atoms with Crippen molar-refractivity contribution in [2.75, 3.05) is 23.9 Å². The fraction of sp³-hybridized carbons (Fsp3) is 1.00. The van der Waals surface area contributed by atoms with Gasteiger partial charge in [0.1, 0.15) is 0 Å². The molecule has 0 aromatic rings. The Bertz CT molecular complexity index is 261. The number of aliphatic hydroxyl groups is 1. The molecule has 1 saturated heterocycles. The number of hydrogen-bond donors (Lipinski definition) is 2. The van der Waals surface area contributed by atoms with Gasteiger partial charge in [-0.15, -0.1) is 0 Å². The lowest BCUT2D eigenvalue weighted by Crippen LogP contribution is -2.38. The molecule has 0 aromatic heterocycles. The fourth-order valence-corrected chi connectivity index (χ4v) is 4.08. The van der Waals surface area contributed by atoms with Gasteiger partial charge in [0.15, 0.2) is 0 Å². The zero-order chi connectivity index (χ0) is 11.1. The van der Waals surface area contributed by atoms with Crippen molar-refractivity contribution in [2.45, 2.75) is 31.7 Å². The van der Waals surface area contributed by atoms with E-state index in [1.165, 1.54) is 0 Å². The van der Waals surface area contributed by atoms with Gasteiger partial charge in [0.05, 0.1) is 5.75 Å². The molecule has 2 N–H and O–H groups in total. The number of hydrogen-bond acceptors (Lipinski definition) is 4. The number of unbranched alkanes of at least 4 members (excludes halogenated alkanes) is 1. The van der Waals surface area contributed by atoms with Crippen molar-refractivity contribution in [2.24, 2.45) is 0 Å². The molecule has 6 heteroatoms. The summed E-state index contributed by atoms with van der Waals surface area (Å²) in [4.78, 5) is 0. The largest absolute Gasteiger partial charge is 0.396 e. The molecule has 1 rings (SSSR count). The fourth-order valence-electron chi connectivity index (χ4n) is 1.53. The first kappa shape index (κ1) is 13.3. The van der Waals surface area contributed by atoms with E-state index in [-0.39, 0.29) is 18.4 Å². The first-order valence-corrected chi connectivity index (χ1v) is 8.13. The van der Waals surface area contributed by atoms with Crippen LogP contribution in [0.25, 0.3) is 0 Å². The predicted molar refractivity (Wildman–Crippen MR) is 63.6 cm³/mol. The number of sulfonamides is 1. The van der Waals surface area contributed by atoms with E-state index in [1.54, 1.807) is 0 Å². The molecule has 0 amide bonds. The van der Waals surface area contributed by atoms with Gasteiger partial charge in [-0.2, -0.15) is 11.8 Å². The van der Waals surface area contributed by atoms with Crippen molar-refractivity contribution in [1.29, 1.82) is 0 Å². The van der Waals surface area contributed by atoms with Crippen LogP contribution in [0.3, 0.4) is 0 Å². The molecule has 1 aliphatic rings. The van der Waals surface area contributed by atoms with Crippen LogP contribution >= 0.6 is 11.8 Å². The Hall–Kier alpha value is 0.220. The minimum atomic E-state index is -3.12. The maximum Gasteiger partial charge on any atom is 0.211 e. The van der Waals surface area contributed by atoms with Crippen LogP contribution in [0.1, 0.15) is 25.7 Å². The summed E-state index contributed by atoms with van der Waals surface area (Å²) in [5.41, 5.74) is 0. The van der Waals surface area contributed by atoms with Crippen molar-refractivity contribution < 1.29 is 13.5 Å². The molecule has 0 aliphatic carbocycles. The molecule has 1 heterocycles. The van der Waals surface area contributed by atoms with Crippen molar-refractivity contribution in [3.05, 3.63) is 0 Å². The van der Waals surface area contributed by atoms with E-state index in [0.29, 0.717) is 12.8 Å². The standard InChI is InChI=1S/C9H19NO3S2/c11-5-1-2-8-15(12,13)10-9-3-6-14-7-4-9/h9-11H,1-8H2. The summed E-state index contributed by atoms with van der Waals surface area (Å²) in [6.45, 7) is 0.0651. The lowest BCUT2D eigenvalue weighted by molar-refractivity contribution is 0.287. The average Bonchev–Trinajstić information content (AvgIpc) is 2.18. The molecule has 1 fully saturated rings. The Morgan fingerprint density at radius 2 is 1.93 bits per heavy atom. The van der Waals surface area contributed by atoms with E-state index in [4.69, 9.17) is 5.11 Å². The number of aliphatic hydroxyl groups excluding tert-OH is 1. The SMILES string of the molecule is O=S(=O)(CCCCO)NC1CCSCC1. The van der Waals surface area contributed by atoms with Gasteiger partial charge in [0.25, 0.3) is 0 Å². The van der Waals surface area contributed by atoms with Crippen LogP contribution in [0.5, 0.6) is 0 Å². The maximum atomic E-state index is 11.6. The van der Waals surface area contributed by atoms with Crippen LogP contribution in [0.2, 0.25) is 0 Å². The van der Waals surface area contributed by atoms with Crippen molar-refractivity contribution >= 4 is 21.8 Å². The van der Waals surface area contributed by atoms with E-state index in [2.05, 4.69) is 4.72 Å². The Labute approximate surface area is 95.9 Å². The summed E-state index contributed by atoms with van der Waals surface area (Å²) in [5, 5.41) is 8.57. The number of rotatable bonds is 6. The summed E-state index contributed by atoms with van der Waals surface area (Å²) >= 11 is 1.88. The van der Waals surface area contributed by atoms with Gasteiger partial charge in [-0.1, -0.05) is 0 Å². The van der Waals surface area contributed by atoms with Crippen LogP contribution in [0.15, 0.2) is 0 Å². The second kappa shape index (κ2) is 6.73. The van der Waals surface area contributed by atoms with Crippen LogP contribution in [0, 0.1) is 0 Å². The number of nitrogens with one attached hydrogen (secondary N) is 1. The normalized spacial score (nSPS) is 19.3. The van der Waals surface area contributed by atoms with Gasteiger partial charge in [0, 0.05) is 12.6 Å². The lowest BCUT2D eigenvalue weighted by Gasteiger charge is -2.22. The molecule has 0 bridgehead atoms. The summed E-state index contributed by atoms with van der Waals surface area (Å²) < 4.78 is 25.9. The molecule has 0 aromatic carbocycles. The highest BCUT2D eigenvalue weighted by Gasteiger charge is 2.19. The lowest BCUT2D eigenvalue weighted by atomic mass is 10.2. The Kier molecular flexibility index (Phi) is 5.96. The van der Waals surface area contributed by atoms with Gasteiger partial charge in [-0.3, -0.25) is 0 Å². The highest BCUT2D eigenvalue weighted by atomic mass is 32.2. The zero-order valence-corrected chi connectivity index (χ0v) is 10.4. The van der Waals surface area contributed by atoms with Gasteiger partial charge >= 0.3 is 0 Å². The van der Waals surface area contributed by atoms with Crippen LogP contribution in [-0.2, 0) is 10.0 Å². The molecule has 90 valence electrons. The smallest absolute Gasteiger partial charge is 0.211 e. The minimum absolute atomic E-state index is 0.0651. The quantitative estimate of drug-likeness (QED) is 0.679. The molecule has 0 atom stereocenters. The minimum Gasteiger partial charge on any atom is -0.396 e. The van der Waals surface area contributed by atoms with Crippen LogP contribution < -0.4 is 4.72 Å². The number of thioether (sulfide) groups is 1.